The SMILES string of the molecule is CN(c1cc(C(F)(F)F)ccc1-c1cc(Nc2cccc3c2CCC3O)ncn1)C1CC1. The Hall–Kier alpha value is -3.13. The molecule has 1 atom stereocenters. The zero-order valence-electron chi connectivity index (χ0n) is 17.5. The molecule has 1 unspecified atom stereocenters. The van der Waals surface area contributed by atoms with Crippen LogP contribution in [0.4, 0.5) is 30.4 Å². The van der Waals surface area contributed by atoms with Crippen molar-refractivity contribution < 1.29 is 18.3 Å². The fraction of sp³-hybridized carbons (Fsp3) is 0.333. The van der Waals surface area contributed by atoms with Crippen molar-refractivity contribution in [3.63, 3.8) is 0 Å². The molecule has 0 radical (unpaired) electrons. The fourth-order valence-electron chi connectivity index (χ4n) is 4.34. The van der Waals surface area contributed by atoms with Gasteiger partial charge in [0.25, 0.3) is 0 Å². The lowest BCUT2D eigenvalue weighted by molar-refractivity contribution is -0.137. The molecule has 5 nitrogen and oxygen atoms in total. The van der Waals surface area contributed by atoms with Crippen LogP contribution in [0.2, 0.25) is 0 Å². The zero-order chi connectivity index (χ0) is 22.5. The van der Waals surface area contributed by atoms with Crippen molar-refractivity contribution in [2.24, 2.45) is 0 Å². The number of aliphatic hydroxyl groups excluding tert-OH is 1. The maximum absolute atomic E-state index is 13.4. The first kappa shape index (κ1) is 20.8. The second kappa shape index (κ2) is 7.78. The molecule has 2 aromatic carbocycles. The van der Waals surface area contributed by atoms with Crippen LogP contribution in [0.5, 0.6) is 0 Å². The smallest absolute Gasteiger partial charge is 0.388 e. The largest absolute Gasteiger partial charge is 0.416 e. The third-order valence-electron chi connectivity index (χ3n) is 6.24. The fourth-order valence-corrected chi connectivity index (χ4v) is 4.34. The van der Waals surface area contributed by atoms with Gasteiger partial charge in [-0.1, -0.05) is 18.2 Å². The molecule has 0 spiro atoms. The molecule has 1 heterocycles. The van der Waals surface area contributed by atoms with E-state index in [0.29, 0.717) is 29.2 Å². The molecule has 3 aromatic rings. The number of benzene rings is 2. The molecule has 166 valence electrons. The van der Waals surface area contributed by atoms with Gasteiger partial charge in [-0.3, -0.25) is 0 Å². The Bertz CT molecular complexity index is 1160. The molecule has 1 fully saturated rings. The highest BCUT2D eigenvalue weighted by atomic mass is 19.4. The van der Waals surface area contributed by atoms with Gasteiger partial charge in [-0.15, -0.1) is 0 Å². The number of fused-ring (bicyclic) bond motifs is 1. The molecule has 8 heteroatoms. The van der Waals surface area contributed by atoms with Crippen molar-refractivity contribution in [1.82, 2.24) is 9.97 Å². The molecule has 2 aliphatic rings. The Morgan fingerprint density at radius 3 is 2.62 bits per heavy atom. The number of halogens is 3. The molecule has 0 amide bonds. The monoisotopic (exact) mass is 440 g/mol. The number of aliphatic hydroxyl groups is 1. The minimum atomic E-state index is -4.41. The molecule has 0 saturated heterocycles. The first-order valence-electron chi connectivity index (χ1n) is 10.6. The quantitative estimate of drug-likeness (QED) is 0.550. The van der Waals surface area contributed by atoms with Crippen LogP contribution in [0.15, 0.2) is 48.8 Å². The van der Waals surface area contributed by atoms with E-state index in [4.69, 9.17) is 0 Å². The molecule has 32 heavy (non-hydrogen) atoms. The van der Waals surface area contributed by atoms with Crippen molar-refractivity contribution >= 4 is 17.2 Å². The third kappa shape index (κ3) is 3.90. The summed E-state index contributed by atoms with van der Waals surface area (Å²) in [5.74, 6) is 0.546. The average Bonchev–Trinajstić information content (AvgIpc) is 3.56. The van der Waals surface area contributed by atoms with E-state index >= 15 is 0 Å². The van der Waals surface area contributed by atoms with Crippen LogP contribution in [0, 0.1) is 0 Å². The minimum absolute atomic E-state index is 0.245. The molecule has 2 aliphatic carbocycles. The van der Waals surface area contributed by atoms with Gasteiger partial charge in [-0.05, 0) is 55.0 Å². The molecule has 0 aliphatic heterocycles. The van der Waals surface area contributed by atoms with E-state index in [2.05, 4.69) is 15.3 Å². The van der Waals surface area contributed by atoms with E-state index < -0.39 is 17.8 Å². The Morgan fingerprint density at radius 2 is 1.88 bits per heavy atom. The summed E-state index contributed by atoms with van der Waals surface area (Å²) < 4.78 is 40.1. The van der Waals surface area contributed by atoms with E-state index in [-0.39, 0.29) is 6.04 Å². The summed E-state index contributed by atoms with van der Waals surface area (Å²) in [5, 5.41) is 13.4. The predicted octanol–water partition coefficient (Wildman–Crippen LogP) is 5.48. The molecule has 5 rings (SSSR count). The summed E-state index contributed by atoms with van der Waals surface area (Å²) in [7, 11) is 1.83. The van der Waals surface area contributed by atoms with Gasteiger partial charge in [0.2, 0.25) is 0 Å². The summed E-state index contributed by atoms with van der Waals surface area (Å²) in [6.45, 7) is 0. The van der Waals surface area contributed by atoms with Gasteiger partial charge in [0.1, 0.15) is 12.1 Å². The topological polar surface area (TPSA) is 61.3 Å². The van der Waals surface area contributed by atoms with Gasteiger partial charge in [0, 0.05) is 36.1 Å². The number of nitrogens with one attached hydrogen (secondary N) is 1. The summed E-state index contributed by atoms with van der Waals surface area (Å²) >= 11 is 0. The lowest BCUT2D eigenvalue weighted by atomic mass is 10.0. The van der Waals surface area contributed by atoms with Crippen molar-refractivity contribution in [1.29, 1.82) is 0 Å². The number of hydrogen-bond donors (Lipinski definition) is 2. The second-order valence-electron chi connectivity index (χ2n) is 8.41. The maximum Gasteiger partial charge on any atom is 0.416 e. The van der Waals surface area contributed by atoms with Gasteiger partial charge in [0.05, 0.1) is 17.4 Å². The molecular formula is C24H23F3N4O. The van der Waals surface area contributed by atoms with E-state index in [1.54, 1.807) is 6.07 Å². The van der Waals surface area contributed by atoms with Crippen molar-refractivity contribution in [2.75, 3.05) is 17.3 Å². The van der Waals surface area contributed by atoms with Gasteiger partial charge in [-0.2, -0.15) is 13.2 Å². The van der Waals surface area contributed by atoms with Crippen LogP contribution >= 0.6 is 0 Å². The van der Waals surface area contributed by atoms with Crippen molar-refractivity contribution in [3.8, 4) is 11.3 Å². The van der Waals surface area contributed by atoms with Crippen LogP contribution < -0.4 is 10.2 Å². The first-order valence-corrected chi connectivity index (χ1v) is 10.6. The average molecular weight is 440 g/mol. The second-order valence-corrected chi connectivity index (χ2v) is 8.41. The molecule has 2 N–H and O–H groups in total. The summed E-state index contributed by atoms with van der Waals surface area (Å²) in [5.41, 5.74) is 3.86. The van der Waals surface area contributed by atoms with Crippen LogP contribution in [0.25, 0.3) is 11.3 Å². The van der Waals surface area contributed by atoms with Crippen LogP contribution in [-0.4, -0.2) is 28.2 Å². The number of hydrogen-bond acceptors (Lipinski definition) is 5. The van der Waals surface area contributed by atoms with Crippen molar-refractivity contribution in [3.05, 3.63) is 65.5 Å². The van der Waals surface area contributed by atoms with Crippen molar-refractivity contribution in [2.45, 2.75) is 44.0 Å². The summed E-state index contributed by atoms with van der Waals surface area (Å²) in [6, 6.07) is 11.5. The highest BCUT2D eigenvalue weighted by molar-refractivity contribution is 5.79. The van der Waals surface area contributed by atoms with Crippen LogP contribution in [0.1, 0.15) is 42.1 Å². The summed E-state index contributed by atoms with van der Waals surface area (Å²) in [4.78, 5) is 10.6. The first-order chi connectivity index (χ1) is 15.3. The normalized spacial score (nSPS) is 17.8. The Labute approximate surface area is 183 Å². The number of rotatable bonds is 5. The molecular weight excluding hydrogens is 417 g/mol. The van der Waals surface area contributed by atoms with Gasteiger partial charge in [0.15, 0.2) is 0 Å². The van der Waals surface area contributed by atoms with E-state index in [1.165, 1.54) is 18.5 Å². The van der Waals surface area contributed by atoms with E-state index in [0.717, 1.165) is 42.1 Å². The van der Waals surface area contributed by atoms with E-state index in [9.17, 15) is 18.3 Å². The van der Waals surface area contributed by atoms with Gasteiger partial charge < -0.3 is 15.3 Å². The summed E-state index contributed by atoms with van der Waals surface area (Å²) in [6.07, 6.45) is -0.0668. The lowest BCUT2D eigenvalue weighted by Crippen LogP contribution is -2.21. The molecule has 0 bridgehead atoms. The number of anilines is 3. The minimum Gasteiger partial charge on any atom is -0.388 e. The Morgan fingerprint density at radius 1 is 1.06 bits per heavy atom. The van der Waals surface area contributed by atoms with E-state index in [1.807, 2.05) is 30.1 Å². The van der Waals surface area contributed by atoms with Crippen LogP contribution in [-0.2, 0) is 12.6 Å². The number of nitrogens with zero attached hydrogens (tertiary/aromatic N) is 3. The standard InChI is InChI=1S/C24H23F3N4O/c1-31(15-6-7-15)21-11-14(24(25,26)27)5-8-18(21)20-12-23(29-13-28-20)30-19-4-2-3-17-16(19)9-10-22(17)32/h2-5,8,11-13,15,22,32H,6-7,9-10H2,1H3,(H,28,29,30). The Kier molecular flexibility index (Phi) is 5.04. The Balaban J connectivity index is 1.51. The van der Waals surface area contributed by atoms with Gasteiger partial charge in [-0.25, -0.2) is 9.97 Å². The highest BCUT2D eigenvalue weighted by Crippen LogP contribution is 2.41. The molecule has 1 saturated carbocycles. The third-order valence-corrected chi connectivity index (χ3v) is 6.24. The number of alkyl halides is 3. The maximum atomic E-state index is 13.4. The highest BCUT2D eigenvalue weighted by Gasteiger charge is 2.34. The zero-order valence-corrected chi connectivity index (χ0v) is 17.5. The predicted molar refractivity (Wildman–Crippen MR) is 117 cm³/mol. The number of aromatic nitrogens is 2. The lowest BCUT2D eigenvalue weighted by Gasteiger charge is -2.23. The molecule has 1 aromatic heterocycles. The van der Waals surface area contributed by atoms with Crippen LogP contribution in [0.3, 0.4) is 0 Å². The van der Waals surface area contributed by atoms with Gasteiger partial charge >= 0.3 is 6.18 Å².